The van der Waals surface area contributed by atoms with Gasteiger partial charge in [0.05, 0.1) is 5.56 Å². The molecule has 0 bridgehead atoms. The van der Waals surface area contributed by atoms with Gasteiger partial charge in [0.1, 0.15) is 0 Å². The summed E-state index contributed by atoms with van der Waals surface area (Å²) in [5, 5.41) is 2.94. The van der Waals surface area contributed by atoms with Crippen LogP contribution in [0.1, 0.15) is 27.0 Å². The molecule has 0 saturated carbocycles. The first kappa shape index (κ1) is 13.1. The maximum atomic E-state index is 12.3. The number of anilines is 2. The van der Waals surface area contributed by atoms with Gasteiger partial charge in [0.25, 0.3) is 5.91 Å². The molecule has 0 radical (unpaired) electrons. The van der Waals surface area contributed by atoms with E-state index in [4.69, 9.17) is 5.73 Å². The standard InChI is InChI=1S/C16H18N2O/c1-10-7-8-14(17)13(9-10)16(19)18-15-11(2)5-4-6-12(15)3/h4-9H,17H2,1-3H3,(H,18,19). The molecule has 2 aromatic rings. The first-order chi connectivity index (χ1) is 8.99. The van der Waals surface area contributed by atoms with E-state index in [1.165, 1.54) is 0 Å². The fourth-order valence-electron chi connectivity index (χ4n) is 2.06. The Labute approximate surface area is 113 Å². The number of carbonyl (C=O) groups excluding carboxylic acids is 1. The number of nitrogens with two attached hydrogens (primary N) is 1. The molecule has 0 aliphatic carbocycles. The number of rotatable bonds is 2. The third-order valence-corrected chi connectivity index (χ3v) is 3.17. The molecule has 2 rings (SSSR count). The molecule has 0 aromatic heterocycles. The van der Waals surface area contributed by atoms with E-state index in [9.17, 15) is 4.79 Å². The number of benzene rings is 2. The van der Waals surface area contributed by atoms with Crippen LogP contribution in [0, 0.1) is 20.8 Å². The Hall–Kier alpha value is -2.29. The molecule has 19 heavy (non-hydrogen) atoms. The van der Waals surface area contributed by atoms with Crippen molar-refractivity contribution in [3.05, 3.63) is 58.7 Å². The van der Waals surface area contributed by atoms with Gasteiger partial charge in [-0.15, -0.1) is 0 Å². The van der Waals surface area contributed by atoms with Crippen LogP contribution in [-0.4, -0.2) is 5.91 Å². The van der Waals surface area contributed by atoms with Crippen LogP contribution in [0.3, 0.4) is 0 Å². The summed E-state index contributed by atoms with van der Waals surface area (Å²) in [7, 11) is 0. The molecule has 98 valence electrons. The van der Waals surface area contributed by atoms with Crippen molar-refractivity contribution in [2.24, 2.45) is 0 Å². The molecule has 0 fully saturated rings. The Kier molecular flexibility index (Phi) is 3.56. The Bertz CT molecular complexity index is 612. The molecule has 0 heterocycles. The van der Waals surface area contributed by atoms with Crippen molar-refractivity contribution in [1.82, 2.24) is 0 Å². The lowest BCUT2D eigenvalue weighted by molar-refractivity contribution is 0.102. The third kappa shape index (κ3) is 2.76. The van der Waals surface area contributed by atoms with Gasteiger partial charge in [0, 0.05) is 11.4 Å². The first-order valence-corrected chi connectivity index (χ1v) is 6.22. The van der Waals surface area contributed by atoms with Gasteiger partial charge in [-0.05, 0) is 44.0 Å². The van der Waals surface area contributed by atoms with Crippen LogP contribution in [0.15, 0.2) is 36.4 Å². The average Bonchev–Trinajstić information content (AvgIpc) is 2.37. The summed E-state index contributed by atoms with van der Waals surface area (Å²) in [5.74, 6) is -0.168. The lowest BCUT2D eigenvalue weighted by Crippen LogP contribution is -2.15. The molecular weight excluding hydrogens is 236 g/mol. The number of nitrogens with one attached hydrogen (secondary N) is 1. The summed E-state index contributed by atoms with van der Waals surface area (Å²) >= 11 is 0. The van der Waals surface area contributed by atoms with Crippen molar-refractivity contribution < 1.29 is 4.79 Å². The summed E-state index contributed by atoms with van der Waals surface area (Å²) in [6.07, 6.45) is 0. The van der Waals surface area contributed by atoms with Crippen molar-refractivity contribution in [2.75, 3.05) is 11.1 Å². The number of para-hydroxylation sites is 1. The van der Waals surface area contributed by atoms with Crippen LogP contribution < -0.4 is 11.1 Å². The van der Waals surface area contributed by atoms with Crippen molar-refractivity contribution in [1.29, 1.82) is 0 Å². The van der Waals surface area contributed by atoms with Crippen LogP contribution in [0.4, 0.5) is 11.4 Å². The number of carbonyl (C=O) groups is 1. The molecule has 2 aromatic carbocycles. The summed E-state index contributed by atoms with van der Waals surface area (Å²) in [5.41, 5.74) is 10.8. The fraction of sp³-hybridized carbons (Fsp3) is 0.188. The molecule has 0 aliphatic rings. The predicted octanol–water partition coefficient (Wildman–Crippen LogP) is 3.45. The number of hydrogen-bond donors (Lipinski definition) is 2. The second kappa shape index (κ2) is 5.14. The zero-order valence-electron chi connectivity index (χ0n) is 11.4. The number of aryl methyl sites for hydroxylation is 3. The lowest BCUT2D eigenvalue weighted by Gasteiger charge is -2.12. The average molecular weight is 254 g/mol. The van der Waals surface area contributed by atoms with Crippen molar-refractivity contribution in [2.45, 2.75) is 20.8 Å². The highest BCUT2D eigenvalue weighted by atomic mass is 16.1. The van der Waals surface area contributed by atoms with E-state index >= 15 is 0 Å². The minimum atomic E-state index is -0.168. The number of hydrogen-bond acceptors (Lipinski definition) is 2. The highest BCUT2D eigenvalue weighted by molar-refractivity contribution is 6.08. The first-order valence-electron chi connectivity index (χ1n) is 6.22. The molecule has 0 unspecified atom stereocenters. The topological polar surface area (TPSA) is 55.1 Å². The van der Waals surface area contributed by atoms with Gasteiger partial charge in [-0.2, -0.15) is 0 Å². The number of amides is 1. The van der Waals surface area contributed by atoms with Crippen LogP contribution in [0.5, 0.6) is 0 Å². The maximum absolute atomic E-state index is 12.3. The smallest absolute Gasteiger partial charge is 0.257 e. The normalized spacial score (nSPS) is 10.3. The van der Waals surface area contributed by atoms with E-state index in [0.29, 0.717) is 11.3 Å². The van der Waals surface area contributed by atoms with Crippen LogP contribution >= 0.6 is 0 Å². The Morgan fingerprint density at radius 2 is 1.68 bits per heavy atom. The second-order valence-electron chi connectivity index (χ2n) is 4.81. The maximum Gasteiger partial charge on any atom is 0.257 e. The van der Waals surface area contributed by atoms with E-state index in [0.717, 1.165) is 22.4 Å². The third-order valence-electron chi connectivity index (χ3n) is 3.17. The summed E-state index contributed by atoms with van der Waals surface area (Å²) in [6.45, 7) is 5.89. The molecule has 3 N–H and O–H groups in total. The molecule has 1 amide bonds. The molecule has 0 saturated heterocycles. The van der Waals surface area contributed by atoms with Gasteiger partial charge in [-0.1, -0.05) is 29.8 Å². The van der Waals surface area contributed by atoms with E-state index in [1.807, 2.05) is 45.0 Å². The van der Waals surface area contributed by atoms with Gasteiger partial charge in [-0.3, -0.25) is 4.79 Å². The molecule has 0 spiro atoms. The monoisotopic (exact) mass is 254 g/mol. The molecular formula is C16H18N2O. The Morgan fingerprint density at radius 3 is 2.32 bits per heavy atom. The minimum Gasteiger partial charge on any atom is -0.398 e. The molecule has 0 atom stereocenters. The second-order valence-corrected chi connectivity index (χ2v) is 4.81. The largest absolute Gasteiger partial charge is 0.398 e. The highest BCUT2D eigenvalue weighted by Gasteiger charge is 2.12. The molecule has 3 nitrogen and oxygen atoms in total. The van der Waals surface area contributed by atoms with Gasteiger partial charge in [0.15, 0.2) is 0 Å². The lowest BCUT2D eigenvalue weighted by atomic mass is 10.1. The fourth-order valence-corrected chi connectivity index (χ4v) is 2.06. The van der Waals surface area contributed by atoms with E-state index in [1.54, 1.807) is 12.1 Å². The van der Waals surface area contributed by atoms with Gasteiger partial charge < -0.3 is 11.1 Å². The van der Waals surface area contributed by atoms with Crippen molar-refractivity contribution >= 4 is 17.3 Å². The number of nitrogen functional groups attached to an aromatic ring is 1. The van der Waals surface area contributed by atoms with Gasteiger partial charge in [-0.25, -0.2) is 0 Å². The van der Waals surface area contributed by atoms with Gasteiger partial charge in [0.2, 0.25) is 0 Å². The van der Waals surface area contributed by atoms with E-state index in [2.05, 4.69) is 5.32 Å². The molecule has 0 aliphatic heterocycles. The zero-order valence-corrected chi connectivity index (χ0v) is 11.4. The van der Waals surface area contributed by atoms with Crippen molar-refractivity contribution in [3.63, 3.8) is 0 Å². The summed E-state index contributed by atoms with van der Waals surface area (Å²) in [6, 6.07) is 11.4. The van der Waals surface area contributed by atoms with Crippen LogP contribution in [-0.2, 0) is 0 Å². The Balaban J connectivity index is 2.34. The van der Waals surface area contributed by atoms with Crippen molar-refractivity contribution in [3.8, 4) is 0 Å². The zero-order chi connectivity index (χ0) is 14.0. The summed E-state index contributed by atoms with van der Waals surface area (Å²) < 4.78 is 0. The SMILES string of the molecule is Cc1ccc(N)c(C(=O)Nc2c(C)cccc2C)c1. The Morgan fingerprint density at radius 1 is 1.05 bits per heavy atom. The minimum absolute atomic E-state index is 0.168. The van der Waals surface area contributed by atoms with Crippen LogP contribution in [0.25, 0.3) is 0 Å². The van der Waals surface area contributed by atoms with Gasteiger partial charge >= 0.3 is 0 Å². The quantitative estimate of drug-likeness (QED) is 0.806. The highest BCUT2D eigenvalue weighted by Crippen LogP contribution is 2.22. The molecule has 3 heteroatoms. The van der Waals surface area contributed by atoms with E-state index in [-0.39, 0.29) is 5.91 Å². The van der Waals surface area contributed by atoms with E-state index < -0.39 is 0 Å². The summed E-state index contributed by atoms with van der Waals surface area (Å²) in [4.78, 5) is 12.3. The van der Waals surface area contributed by atoms with Crippen LogP contribution in [0.2, 0.25) is 0 Å². The predicted molar refractivity (Wildman–Crippen MR) is 79.5 cm³/mol.